The quantitative estimate of drug-likeness (QED) is 0.175. The van der Waals surface area contributed by atoms with E-state index in [1.807, 2.05) is 0 Å². The van der Waals surface area contributed by atoms with Crippen LogP contribution in [0.5, 0.6) is 0 Å². The van der Waals surface area contributed by atoms with Crippen LogP contribution in [-0.2, 0) is 0 Å². The molecule has 1 unspecified atom stereocenters. The van der Waals surface area contributed by atoms with Gasteiger partial charge in [-0.1, -0.05) is 116 Å². The Morgan fingerprint density at radius 1 is 0.609 bits per heavy atom. The Bertz CT molecular complexity index is 228. The van der Waals surface area contributed by atoms with Crippen molar-refractivity contribution in [3.05, 3.63) is 26.0 Å². The molecule has 0 aromatic carbocycles. The third kappa shape index (κ3) is 17.9. The summed E-state index contributed by atoms with van der Waals surface area (Å²) < 4.78 is 0. The normalized spacial score (nSPS) is 13.0. The first-order valence-electron chi connectivity index (χ1n) is 10.6. The van der Waals surface area contributed by atoms with E-state index in [9.17, 15) is 0 Å². The molecule has 2 radical (unpaired) electrons. The molecule has 0 aromatic rings. The third-order valence-electron chi connectivity index (χ3n) is 4.96. The van der Waals surface area contributed by atoms with E-state index < -0.39 is 0 Å². The lowest BCUT2D eigenvalue weighted by Gasteiger charge is -2.14. The van der Waals surface area contributed by atoms with Gasteiger partial charge in [0.15, 0.2) is 0 Å². The highest BCUT2D eigenvalue weighted by atomic mass is 14.1. The standard InChI is InChI=1S/C23H44/c1-4-7-9-10-11-12-13-14-15-16-17-18-20-22-23(6-3)21-19-8-5-2/h11-12,23H,1-2,4-10,13-22H2,3H3/b12-11+. The first-order chi connectivity index (χ1) is 11.3. The Kier molecular flexibility index (Phi) is 19.6. The van der Waals surface area contributed by atoms with Crippen molar-refractivity contribution in [2.24, 2.45) is 5.92 Å². The summed E-state index contributed by atoms with van der Waals surface area (Å²) in [5.74, 6) is 0.982. The van der Waals surface area contributed by atoms with Gasteiger partial charge in [0, 0.05) is 0 Å². The molecule has 0 rings (SSSR count). The fraction of sp³-hybridized carbons (Fsp3) is 0.826. The maximum Gasteiger partial charge on any atom is -0.0351 e. The van der Waals surface area contributed by atoms with E-state index in [-0.39, 0.29) is 0 Å². The van der Waals surface area contributed by atoms with Crippen LogP contribution in [0.15, 0.2) is 12.2 Å². The molecule has 0 amide bonds. The zero-order valence-corrected chi connectivity index (χ0v) is 16.2. The maximum absolute atomic E-state index is 3.94. The summed E-state index contributed by atoms with van der Waals surface area (Å²) in [4.78, 5) is 0. The number of unbranched alkanes of at least 4 members (excludes halogenated alkanes) is 11. The summed E-state index contributed by atoms with van der Waals surface area (Å²) in [6.07, 6.45) is 27.7. The molecule has 0 saturated carbocycles. The van der Waals surface area contributed by atoms with Gasteiger partial charge in [-0.05, 0) is 31.6 Å². The van der Waals surface area contributed by atoms with Crippen LogP contribution in [-0.4, -0.2) is 0 Å². The average molecular weight is 321 g/mol. The van der Waals surface area contributed by atoms with E-state index in [4.69, 9.17) is 0 Å². The molecule has 1 atom stereocenters. The van der Waals surface area contributed by atoms with Gasteiger partial charge < -0.3 is 0 Å². The smallest absolute Gasteiger partial charge is 0.0351 e. The molecule has 0 bridgehead atoms. The summed E-state index contributed by atoms with van der Waals surface area (Å²) in [6, 6.07) is 0. The minimum Gasteiger partial charge on any atom is -0.0885 e. The van der Waals surface area contributed by atoms with Crippen LogP contribution in [0.4, 0.5) is 0 Å². The Hall–Kier alpha value is -0.260. The summed E-state index contributed by atoms with van der Waals surface area (Å²) in [5.41, 5.74) is 0. The summed E-state index contributed by atoms with van der Waals surface area (Å²) >= 11 is 0. The van der Waals surface area contributed by atoms with Crippen molar-refractivity contribution in [2.75, 3.05) is 0 Å². The lowest BCUT2D eigenvalue weighted by atomic mass is 9.92. The van der Waals surface area contributed by atoms with Crippen molar-refractivity contribution in [2.45, 2.75) is 116 Å². The van der Waals surface area contributed by atoms with Crippen molar-refractivity contribution in [1.29, 1.82) is 0 Å². The predicted molar refractivity (Wildman–Crippen MR) is 108 cm³/mol. The van der Waals surface area contributed by atoms with Crippen molar-refractivity contribution >= 4 is 0 Å². The minimum atomic E-state index is 0.982. The monoisotopic (exact) mass is 320 g/mol. The predicted octanol–water partition coefficient (Wildman–Crippen LogP) is 8.48. The number of hydrogen-bond donors (Lipinski definition) is 0. The molecule has 0 N–H and O–H groups in total. The molecule has 136 valence electrons. The molecule has 0 heterocycles. The molecule has 0 fully saturated rings. The van der Waals surface area contributed by atoms with E-state index in [2.05, 4.69) is 32.9 Å². The van der Waals surface area contributed by atoms with E-state index in [1.54, 1.807) is 0 Å². The van der Waals surface area contributed by atoms with Gasteiger partial charge in [-0.25, -0.2) is 0 Å². The van der Waals surface area contributed by atoms with E-state index in [1.165, 1.54) is 96.3 Å². The molecule has 0 nitrogen and oxygen atoms in total. The topological polar surface area (TPSA) is 0 Å². The van der Waals surface area contributed by atoms with E-state index >= 15 is 0 Å². The lowest BCUT2D eigenvalue weighted by Crippen LogP contribution is -1.99. The van der Waals surface area contributed by atoms with Crippen molar-refractivity contribution in [3.8, 4) is 0 Å². The number of rotatable bonds is 18. The second-order valence-corrected chi connectivity index (χ2v) is 7.14. The molecule has 0 spiro atoms. The molecule has 0 aliphatic heterocycles. The van der Waals surface area contributed by atoms with Crippen LogP contribution in [0.3, 0.4) is 0 Å². The fourth-order valence-corrected chi connectivity index (χ4v) is 3.24. The second kappa shape index (κ2) is 19.8. The Balaban J connectivity index is 3.25. The van der Waals surface area contributed by atoms with Crippen LogP contribution >= 0.6 is 0 Å². The second-order valence-electron chi connectivity index (χ2n) is 7.14. The van der Waals surface area contributed by atoms with Crippen molar-refractivity contribution < 1.29 is 0 Å². The highest BCUT2D eigenvalue weighted by Crippen LogP contribution is 2.21. The fourth-order valence-electron chi connectivity index (χ4n) is 3.24. The van der Waals surface area contributed by atoms with Crippen LogP contribution in [0, 0.1) is 19.8 Å². The van der Waals surface area contributed by atoms with Crippen LogP contribution < -0.4 is 0 Å². The van der Waals surface area contributed by atoms with Crippen molar-refractivity contribution in [1.82, 2.24) is 0 Å². The summed E-state index contributed by atoms with van der Waals surface area (Å²) in [6.45, 7) is 10.2. The Morgan fingerprint density at radius 2 is 1.04 bits per heavy atom. The van der Waals surface area contributed by atoms with Gasteiger partial charge in [0.05, 0.1) is 0 Å². The van der Waals surface area contributed by atoms with Gasteiger partial charge in [0.1, 0.15) is 0 Å². The van der Waals surface area contributed by atoms with E-state index in [0.29, 0.717) is 0 Å². The van der Waals surface area contributed by atoms with Gasteiger partial charge in [-0.15, -0.1) is 0 Å². The number of allylic oxidation sites excluding steroid dienone is 2. The Morgan fingerprint density at radius 3 is 1.61 bits per heavy atom. The van der Waals surface area contributed by atoms with Crippen LogP contribution in [0.2, 0.25) is 0 Å². The van der Waals surface area contributed by atoms with Gasteiger partial charge in [-0.3, -0.25) is 0 Å². The molecule has 0 saturated heterocycles. The maximum atomic E-state index is 3.94. The first kappa shape index (κ1) is 22.7. The zero-order valence-electron chi connectivity index (χ0n) is 16.2. The highest BCUT2D eigenvalue weighted by Gasteiger charge is 2.05. The molecular weight excluding hydrogens is 276 g/mol. The summed E-state index contributed by atoms with van der Waals surface area (Å²) in [5, 5.41) is 0. The molecule has 0 aromatic heterocycles. The highest BCUT2D eigenvalue weighted by molar-refractivity contribution is 4.81. The molecule has 0 heteroatoms. The minimum absolute atomic E-state index is 0.982. The van der Waals surface area contributed by atoms with Gasteiger partial charge in [0.25, 0.3) is 0 Å². The number of hydrogen-bond acceptors (Lipinski definition) is 0. The molecule has 23 heavy (non-hydrogen) atoms. The summed E-state index contributed by atoms with van der Waals surface area (Å²) in [7, 11) is 0. The zero-order chi connectivity index (χ0) is 17.0. The van der Waals surface area contributed by atoms with Crippen LogP contribution in [0.1, 0.15) is 116 Å². The molecule has 0 aliphatic rings. The third-order valence-corrected chi connectivity index (χ3v) is 4.96. The van der Waals surface area contributed by atoms with Gasteiger partial charge in [0.2, 0.25) is 0 Å². The SMILES string of the molecule is [CH2]CCCC/C=C/CCCCCCCCC(CC)CCCC[CH2]. The van der Waals surface area contributed by atoms with E-state index in [0.717, 1.165) is 18.8 Å². The van der Waals surface area contributed by atoms with Crippen molar-refractivity contribution in [3.63, 3.8) is 0 Å². The van der Waals surface area contributed by atoms with Crippen LogP contribution in [0.25, 0.3) is 0 Å². The lowest BCUT2D eigenvalue weighted by molar-refractivity contribution is 0.397. The van der Waals surface area contributed by atoms with Gasteiger partial charge in [-0.2, -0.15) is 0 Å². The largest absolute Gasteiger partial charge is 0.0885 e. The van der Waals surface area contributed by atoms with Gasteiger partial charge >= 0.3 is 0 Å². The molecule has 0 aliphatic carbocycles. The average Bonchev–Trinajstić information content (AvgIpc) is 2.57. The molecular formula is C23H44. The Labute approximate surface area is 148 Å². The first-order valence-corrected chi connectivity index (χ1v) is 10.6.